The Hall–Kier alpha value is -2.69. The first-order valence-electron chi connectivity index (χ1n) is 7.78. The SMILES string of the molecule is COc1ccc(NC(=O)CNc2c(C)cc(C)cc2C)cc1OC. The average Bonchev–Trinajstić information content (AvgIpc) is 2.53. The van der Waals surface area contributed by atoms with Crippen molar-refractivity contribution < 1.29 is 14.3 Å². The number of hydrogen-bond acceptors (Lipinski definition) is 4. The molecule has 0 unspecified atom stereocenters. The Labute approximate surface area is 143 Å². The molecular weight excluding hydrogens is 304 g/mol. The molecule has 0 aromatic heterocycles. The van der Waals surface area contributed by atoms with Crippen LogP contribution in [0.1, 0.15) is 16.7 Å². The molecule has 2 aromatic carbocycles. The van der Waals surface area contributed by atoms with E-state index in [-0.39, 0.29) is 12.5 Å². The summed E-state index contributed by atoms with van der Waals surface area (Å²) < 4.78 is 10.4. The zero-order chi connectivity index (χ0) is 17.7. The molecule has 1 amide bonds. The van der Waals surface area contributed by atoms with Gasteiger partial charge in [0.15, 0.2) is 11.5 Å². The maximum Gasteiger partial charge on any atom is 0.243 e. The second-order valence-corrected chi connectivity index (χ2v) is 5.75. The molecule has 2 N–H and O–H groups in total. The maximum absolute atomic E-state index is 12.2. The van der Waals surface area contributed by atoms with Crippen LogP contribution in [0.3, 0.4) is 0 Å². The van der Waals surface area contributed by atoms with Crippen molar-refractivity contribution >= 4 is 17.3 Å². The van der Waals surface area contributed by atoms with E-state index in [0.717, 1.165) is 16.8 Å². The molecule has 5 heteroatoms. The highest BCUT2D eigenvalue weighted by molar-refractivity contribution is 5.94. The second kappa shape index (κ2) is 7.73. The number of carbonyl (C=O) groups excluding carboxylic acids is 1. The third-order valence-corrected chi connectivity index (χ3v) is 3.77. The molecule has 24 heavy (non-hydrogen) atoms. The number of rotatable bonds is 6. The smallest absolute Gasteiger partial charge is 0.243 e. The predicted molar refractivity (Wildman–Crippen MR) is 97.3 cm³/mol. The standard InChI is InChI=1S/C19H24N2O3/c1-12-8-13(2)19(14(3)9-12)20-11-18(22)21-15-6-7-16(23-4)17(10-15)24-5/h6-10,20H,11H2,1-5H3,(H,21,22). The fourth-order valence-electron chi connectivity index (χ4n) is 2.75. The van der Waals surface area contributed by atoms with Gasteiger partial charge in [-0.3, -0.25) is 4.79 Å². The highest BCUT2D eigenvalue weighted by atomic mass is 16.5. The Morgan fingerprint density at radius 3 is 2.17 bits per heavy atom. The van der Waals surface area contributed by atoms with E-state index in [0.29, 0.717) is 17.2 Å². The lowest BCUT2D eigenvalue weighted by atomic mass is 10.1. The number of anilines is 2. The normalized spacial score (nSPS) is 10.2. The molecule has 128 valence electrons. The number of methoxy groups -OCH3 is 2. The van der Waals surface area contributed by atoms with E-state index < -0.39 is 0 Å². The molecule has 0 saturated carbocycles. The highest BCUT2D eigenvalue weighted by Gasteiger charge is 2.09. The van der Waals surface area contributed by atoms with Gasteiger partial charge in [-0.2, -0.15) is 0 Å². The summed E-state index contributed by atoms with van der Waals surface area (Å²) in [6.45, 7) is 6.33. The van der Waals surface area contributed by atoms with Gasteiger partial charge in [0.1, 0.15) is 0 Å². The summed E-state index contributed by atoms with van der Waals surface area (Å²) >= 11 is 0. The zero-order valence-corrected chi connectivity index (χ0v) is 14.8. The predicted octanol–water partition coefficient (Wildman–Crippen LogP) is 3.68. The van der Waals surface area contributed by atoms with Gasteiger partial charge in [-0.25, -0.2) is 0 Å². The van der Waals surface area contributed by atoms with Crippen LogP contribution >= 0.6 is 0 Å². The zero-order valence-electron chi connectivity index (χ0n) is 14.8. The molecule has 0 radical (unpaired) electrons. The summed E-state index contributed by atoms with van der Waals surface area (Å²) in [5, 5.41) is 6.06. The summed E-state index contributed by atoms with van der Waals surface area (Å²) in [4.78, 5) is 12.2. The summed E-state index contributed by atoms with van der Waals surface area (Å²) in [5.74, 6) is 1.08. The molecule has 0 spiro atoms. The van der Waals surface area contributed by atoms with Crippen molar-refractivity contribution in [2.24, 2.45) is 0 Å². The average molecular weight is 328 g/mol. The molecule has 0 saturated heterocycles. The molecule has 0 aliphatic carbocycles. The third-order valence-electron chi connectivity index (χ3n) is 3.77. The number of nitrogens with one attached hydrogen (secondary N) is 2. The number of carbonyl (C=O) groups is 1. The number of amides is 1. The molecule has 5 nitrogen and oxygen atoms in total. The van der Waals surface area contributed by atoms with Gasteiger partial charge in [0.05, 0.1) is 20.8 Å². The topological polar surface area (TPSA) is 59.6 Å². The van der Waals surface area contributed by atoms with E-state index in [9.17, 15) is 4.79 Å². The van der Waals surface area contributed by atoms with Crippen LogP contribution in [0.4, 0.5) is 11.4 Å². The number of hydrogen-bond donors (Lipinski definition) is 2. The van der Waals surface area contributed by atoms with Crippen molar-refractivity contribution in [2.75, 3.05) is 31.4 Å². The Morgan fingerprint density at radius 2 is 1.58 bits per heavy atom. The van der Waals surface area contributed by atoms with Gasteiger partial charge in [-0.1, -0.05) is 17.7 Å². The van der Waals surface area contributed by atoms with Gasteiger partial charge in [-0.05, 0) is 44.0 Å². The van der Waals surface area contributed by atoms with Gasteiger partial charge in [0.25, 0.3) is 0 Å². The summed E-state index contributed by atoms with van der Waals surface area (Å²) in [6, 6.07) is 9.47. The van der Waals surface area contributed by atoms with Crippen molar-refractivity contribution in [1.29, 1.82) is 0 Å². The second-order valence-electron chi connectivity index (χ2n) is 5.75. The van der Waals surface area contributed by atoms with Gasteiger partial charge in [0, 0.05) is 17.4 Å². The molecule has 0 bridgehead atoms. The maximum atomic E-state index is 12.2. The van der Waals surface area contributed by atoms with Crippen LogP contribution in [0, 0.1) is 20.8 Å². The quantitative estimate of drug-likeness (QED) is 0.849. The number of ether oxygens (including phenoxy) is 2. The minimum Gasteiger partial charge on any atom is -0.493 e. The lowest BCUT2D eigenvalue weighted by molar-refractivity contribution is -0.114. The van der Waals surface area contributed by atoms with Crippen LogP contribution in [0.2, 0.25) is 0 Å². The van der Waals surface area contributed by atoms with Gasteiger partial charge >= 0.3 is 0 Å². The Bertz CT molecular complexity index is 718. The molecule has 2 rings (SSSR count). The van der Waals surface area contributed by atoms with Crippen LogP contribution in [-0.2, 0) is 4.79 Å². The summed E-state index contributed by atoms with van der Waals surface area (Å²) in [7, 11) is 3.14. The largest absolute Gasteiger partial charge is 0.493 e. The summed E-state index contributed by atoms with van der Waals surface area (Å²) in [5.41, 5.74) is 5.14. The first-order valence-corrected chi connectivity index (χ1v) is 7.78. The minimum atomic E-state index is -0.124. The monoisotopic (exact) mass is 328 g/mol. The van der Waals surface area contributed by atoms with Crippen LogP contribution in [0.5, 0.6) is 11.5 Å². The molecule has 0 fully saturated rings. The van der Waals surface area contributed by atoms with Gasteiger partial charge < -0.3 is 20.1 Å². The van der Waals surface area contributed by atoms with E-state index in [2.05, 4.69) is 29.7 Å². The number of aryl methyl sites for hydroxylation is 3. The van der Waals surface area contributed by atoms with Crippen LogP contribution in [0.25, 0.3) is 0 Å². The Balaban J connectivity index is 2.02. The van der Waals surface area contributed by atoms with Crippen molar-refractivity contribution in [3.63, 3.8) is 0 Å². The van der Waals surface area contributed by atoms with E-state index in [1.54, 1.807) is 32.4 Å². The van der Waals surface area contributed by atoms with Crippen LogP contribution in [-0.4, -0.2) is 26.7 Å². The molecule has 0 atom stereocenters. The van der Waals surface area contributed by atoms with E-state index in [1.165, 1.54) is 5.56 Å². The van der Waals surface area contributed by atoms with Gasteiger partial charge in [-0.15, -0.1) is 0 Å². The molecule has 0 heterocycles. The molecule has 2 aromatic rings. The van der Waals surface area contributed by atoms with Gasteiger partial charge in [0.2, 0.25) is 5.91 Å². The highest BCUT2D eigenvalue weighted by Crippen LogP contribution is 2.29. The lowest BCUT2D eigenvalue weighted by Crippen LogP contribution is -2.22. The summed E-state index contributed by atoms with van der Waals surface area (Å²) in [6.07, 6.45) is 0. The van der Waals surface area contributed by atoms with Crippen LogP contribution < -0.4 is 20.1 Å². The molecular formula is C19H24N2O3. The van der Waals surface area contributed by atoms with E-state index in [1.807, 2.05) is 13.8 Å². The van der Waals surface area contributed by atoms with Crippen molar-refractivity contribution in [1.82, 2.24) is 0 Å². The first kappa shape index (κ1) is 17.7. The van der Waals surface area contributed by atoms with Crippen molar-refractivity contribution in [3.05, 3.63) is 47.0 Å². The van der Waals surface area contributed by atoms with E-state index in [4.69, 9.17) is 9.47 Å². The lowest BCUT2D eigenvalue weighted by Gasteiger charge is -2.14. The minimum absolute atomic E-state index is 0.124. The fourth-order valence-corrected chi connectivity index (χ4v) is 2.75. The fraction of sp³-hybridized carbons (Fsp3) is 0.316. The Kier molecular flexibility index (Phi) is 5.68. The van der Waals surface area contributed by atoms with Crippen LogP contribution in [0.15, 0.2) is 30.3 Å². The third kappa shape index (κ3) is 4.19. The molecule has 0 aliphatic heterocycles. The first-order chi connectivity index (χ1) is 11.4. The number of benzene rings is 2. The van der Waals surface area contributed by atoms with Crippen molar-refractivity contribution in [3.8, 4) is 11.5 Å². The Morgan fingerprint density at radius 1 is 0.958 bits per heavy atom. The van der Waals surface area contributed by atoms with Crippen molar-refractivity contribution in [2.45, 2.75) is 20.8 Å². The van der Waals surface area contributed by atoms with E-state index >= 15 is 0 Å². The molecule has 0 aliphatic rings.